The van der Waals surface area contributed by atoms with Crippen molar-refractivity contribution in [3.05, 3.63) is 29.8 Å². The van der Waals surface area contributed by atoms with Crippen LogP contribution in [0.2, 0.25) is 0 Å². The van der Waals surface area contributed by atoms with Gasteiger partial charge in [-0.05, 0) is 55.2 Å². The van der Waals surface area contributed by atoms with Gasteiger partial charge in [0.05, 0.1) is 7.11 Å². The van der Waals surface area contributed by atoms with Gasteiger partial charge >= 0.3 is 0 Å². The Bertz CT molecular complexity index is 410. The number of aryl methyl sites for hydroxylation is 1. The third-order valence-corrected chi connectivity index (χ3v) is 4.43. The largest absolute Gasteiger partial charge is 0.497 e. The highest BCUT2D eigenvalue weighted by Gasteiger charge is 2.36. The van der Waals surface area contributed by atoms with Gasteiger partial charge in [-0.25, -0.2) is 0 Å². The minimum Gasteiger partial charge on any atom is -0.497 e. The van der Waals surface area contributed by atoms with Crippen LogP contribution in [0.5, 0.6) is 5.75 Å². The first-order valence-corrected chi connectivity index (χ1v) is 7.34. The second kappa shape index (κ2) is 5.54. The summed E-state index contributed by atoms with van der Waals surface area (Å²) in [4.78, 5) is 0. The predicted molar refractivity (Wildman–Crippen MR) is 80.5 cm³/mol. The Morgan fingerprint density at radius 1 is 1.16 bits per heavy atom. The van der Waals surface area contributed by atoms with Crippen LogP contribution in [-0.2, 0) is 6.42 Å². The molecule has 1 aromatic carbocycles. The molecule has 1 saturated carbocycles. The molecule has 0 spiro atoms. The van der Waals surface area contributed by atoms with Crippen molar-refractivity contribution in [2.75, 3.05) is 7.11 Å². The van der Waals surface area contributed by atoms with Crippen molar-refractivity contribution in [1.82, 2.24) is 0 Å². The van der Waals surface area contributed by atoms with Gasteiger partial charge in [-0.1, -0.05) is 32.4 Å². The molecule has 0 radical (unpaired) electrons. The summed E-state index contributed by atoms with van der Waals surface area (Å²) in [6, 6.07) is 8.36. The minimum absolute atomic E-state index is 0.0294. The van der Waals surface area contributed by atoms with Crippen LogP contribution in [0.25, 0.3) is 0 Å². The van der Waals surface area contributed by atoms with E-state index < -0.39 is 0 Å². The van der Waals surface area contributed by atoms with Crippen molar-refractivity contribution in [3.63, 3.8) is 0 Å². The quantitative estimate of drug-likeness (QED) is 0.891. The van der Waals surface area contributed by atoms with Crippen LogP contribution in [0.4, 0.5) is 0 Å². The van der Waals surface area contributed by atoms with Crippen LogP contribution in [0, 0.1) is 5.41 Å². The molecular formula is C17H27NO. The number of hydrogen-bond acceptors (Lipinski definition) is 2. The highest BCUT2D eigenvalue weighted by Crippen LogP contribution is 2.41. The molecule has 1 aliphatic rings. The molecular weight excluding hydrogens is 234 g/mol. The second-order valence-electron chi connectivity index (χ2n) is 6.90. The molecule has 0 aromatic heterocycles. The van der Waals surface area contributed by atoms with Gasteiger partial charge in [-0.3, -0.25) is 0 Å². The molecule has 106 valence electrons. The molecule has 2 nitrogen and oxygen atoms in total. The summed E-state index contributed by atoms with van der Waals surface area (Å²) in [5.74, 6) is 0.921. The van der Waals surface area contributed by atoms with Gasteiger partial charge in [-0.2, -0.15) is 0 Å². The van der Waals surface area contributed by atoms with Gasteiger partial charge < -0.3 is 10.5 Å². The average Bonchev–Trinajstić information content (AvgIpc) is 2.35. The fourth-order valence-electron chi connectivity index (χ4n) is 3.45. The maximum atomic E-state index is 6.61. The van der Waals surface area contributed by atoms with Crippen LogP contribution in [-0.4, -0.2) is 12.6 Å². The number of methoxy groups -OCH3 is 1. The Kier molecular flexibility index (Phi) is 4.19. The van der Waals surface area contributed by atoms with Gasteiger partial charge in [0, 0.05) is 5.54 Å². The Balaban J connectivity index is 1.93. The van der Waals surface area contributed by atoms with Crippen molar-refractivity contribution >= 4 is 0 Å². The number of hydrogen-bond donors (Lipinski definition) is 1. The Morgan fingerprint density at radius 2 is 1.84 bits per heavy atom. The number of rotatable bonds is 4. The lowest BCUT2D eigenvalue weighted by molar-refractivity contribution is 0.144. The highest BCUT2D eigenvalue weighted by atomic mass is 16.5. The molecule has 2 rings (SSSR count). The van der Waals surface area contributed by atoms with Gasteiger partial charge in [0.2, 0.25) is 0 Å². The summed E-state index contributed by atoms with van der Waals surface area (Å²) in [7, 11) is 1.70. The molecule has 2 heteroatoms. The predicted octanol–water partition coefficient (Wildman–Crippen LogP) is 3.93. The summed E-state index contributed by atoms with van der Waals surface area (Å²) in [5.41, 5.74) is 8.41. The molecule has 1 fully saturated rings. The fourth-order valence-corrected chi connectivity index (χ4v) is 3.45. The van der Waals surface area contributed by atoms with E-state index in [2.05, 4.69) is 26.0 Å². The standard InChI is InChI=1S/C17H27NO/c1-16(2)10-4-11-17(18,13-16)12-9-14-5-7-15(19-3)8-6-14/h5-8H,4,9-13,18H2,1-3H3. The van der Waals surface area contributed by atoms with Crippen molar-refractivity contribution in [2.45, 2.75) is 57.9 Å². The molecule has 0 heterocycles. The molecule has 0 saturated heterocycles. The zero-order valence-electron chi connectivity index (χ0n) is 12.5. The zero-order chi connectivity index (χ0) is 13.9. The third-order valence-electron chi connectivity index (χ3n) is 4.43. The van der Waals surface area contributed by atoms with Crippen LogP contribution in [0.1, 0.15) is 51.5 Å². The van der Waals surface area contributed by atoms with Crippen LogP contribution < -0.4 is 10.5 Å². The summed E-state index contributed by atoms with van der Waals surface area (Å²) in [6.07, 6.45) is 7.06. The van der Waals surface area contributed by atoms with Gasteiger partial charge in [0.15, 0.2) is 0 Å². The molecule has 2 N–H and O–H groups in total. The lowest BCUT2D eigenvalue weighted by Crippen LogP contribution is -2.47. The monoisotopic (exact) mass is 261 g/mol. The molecule has 19 heavy (non-hydrogen) atoms. The molecule has 0 bridgehead atoms. The van der Waals surface area contributed by atoms with E-state index in [1.54, 1.807) is 7.11 Å². The molecule has 0 aliphatic heterocycles. The lowest BCUT2D eigenvalue weighted by atomic mass is 9.67. The topological polar surface area (TPSA) is 35.2 Å². The third kappa shape index (κ3) is 3.97. The smallest absolute Gasteiger partial charge is 0.118 e. The summed E-state index contributed by atoms with van der Waals surface area (Å²) in [5, 5.41) is 0. The van der Waals surface area contributed by atoms with Crippen molar-refractivity contribution in [2.24, 2.45) is 11.1 Å². The Labute approximate surface area is 117 Å². The van der Waals surface area contributed by atoms with E-state index in [0.717, 1.165) is 25.0 Å². The second-order valence-corrected chi connectivity index (χ2v) is 6.90. The van der Waals surface area contributed by atoms with E-state index in [-0.39, 0.29) is 5.54 Å². The van der Waals surface area contributed by atoms with E-state index in [1.165, 1.54) is 24.8 Å². The van der Waals surface area contributed by atoms with Crippen LogP contribution >= 0.6 is 0 Å². The SMILES string of the molecule is COc1ccc(CCC2(N)CCCC(C)(C)C2)cc1. The summed E-state index contributed by atoms with van der Waals surface area (Å²) < 4.78 is 5.19. The van der Waals surface area contributed by atoms with Crippen LogP contribution in [0.3, 0.4) is 0 Å². The first-order chi connectivity index (χ1) is 8.92. The lowest BCUT2D eigenvalue weighted by Gasteiger charge is -2.42. The highest BCUT2D eigenvalue weighted by molar-refractivity contribution is 5.27. The summed E-state index contributed by atoms with van der Waals surface area (Å²) >= 11 is 0. The van der Waals surface area contributed by atoms with E-state index in [0.29, 0.717) is 5.41 Å². The van der Waals surface area contributed by atoms with E-state index in [9.17, 15) is 0 Å². The maximum absolute atomic E-state index is 6.61. The van der Waals surface area contributed by atoms with Gasteiger partial charge in [0.25, 0.3) is 0 Å². The average molecular weight is 261 g/mol. The normalized spacial score (nSPS) is 26.1. The maximum Gasteiger partial charge on any atom is 0.118 e. The zero-order valence-corrected chi connectivity index (χ0v) is 12.5. The molecule has 1 atom stereocenters. The molecule has 0 amide bonds. The van der Waals surface area contributed by atoms with E-state index in [1.807, 2.05) is 12.1 Å². The number of nitrogens with two attached hydrogens (primary N) is 1. The molecule has 1 aromatic rings. The first-order valence-electron chi connectivity index (χ1n) is 7.34. The number of ether oxygens (including phenoxy) is 1. The van der Waals surface area contributed by atoms with Crippen LogP contribution in [0.15, 0.2) is 24.3 Å². The molecule has 1 aliphatic carbocycles. The van der Waals surface area contributed by atoms with Gasteiger partial charge in [-0.15, -0.1) is 0 Å². The minimum atomic E-state index is 0.0294. The Hall–Kier alpha value is -1.02. The van der Waals surface area contributed by atoms with E-state index >= 15 is 0 Å². The summed E-state index contributed by atoms with van der Waals surface area (Å²) in [6.45, 7) is 4.70. The fraction of sp³-hybridized carbons (Fsp3) is 0.647. The first kappa shape index (κ1) is 14.4. The van der Waals surface area contributed by atoms with Crippen molar-refractivity contribution in [1.29, 1.82) is 0 Å². The molecule has 1 unspecified atom stereocenters. The number of benzene rings is 1. The van der Waals surface area contributed by atoms with Gasteiger partial charge in [0.1, 0.15) is 5.75 Å². The Morgan fingerprint density at radius 3 is 2.42 bits per heavy atom. The van der Waals surface area contributed by atoms with Crippen molar-refractivity contribution < 1.29 is 4.74 Å². The van der Waals surface area contributed by atoms with Crippen molar-refractivity contribution in [3.8, 4) is 5.75 Å². The van der Waals surface area contributed by atoms with E-state index in [4.69, 9.17) is 10.5 Å².